The van der Waals surface area contributed by atoms with Crippen molar-refractivity contribution in [3.05, 3.63) is 29.8 Å². The molecule has 0 spiro atoms. The van der Waals surface area contributed by atoms with E-state index in [4.69, 9.17) is 9.47 Å². The van der Waals surface area contributed by atoms with Crippen LogP contribution in [0.5, 0.6) is 5.75 Å². The van der Waals surface area contributed by atoms with Crippen molar-refractivity contribution in [2.75, 3.05) is 26.3 Å². The summed E-state index contributed by atoms with van der Waals surface area (Å²) >= 11 is 0. The van der Waals surface area contributed by atoms with Crippen LogP contribution >= 0.6 is 0 Å². The molecule has 2 heterocycles. The quantitative estimate of drug-likeness (QED) is 0.857. The Balaban J connectivity index is 1.55. The fourth-order valence-electron chi connectivity index (χ4n) is 2.40. The molecule has 0 radical (unpaired) electrons. The molecule has 3 rings (SSSR count). The van der Waals surface area contributed by atoms with Crippen molar-refractivity contribution in [1.29, 1.82) is 0 Å². The summed E-state index contributed by atoms with van der Waals surface area (Å²) in [7, 11) is 0. The summed E-state index contributed by atoms with van der Waals surface area (Å²) in [5.41, 5.74) is 1.41. The SMILES string of the molecule is c1cc(OC2COC2)ccc1CC1CCNC1. The molecule has 1 unspecified atom stereocenters. The molecule has 17 heavy (non-hydrogen) atoms. The normalized spacial score (nSPS) is 24.6. The molecule has 1 atom stereocenters. The standard InChI is InChI=1S/C14H19NO2/c1-3-13(17-14-9-16-10-14)4-2-11(1)7-12-5-6-15-8-12/h1-4,12,14-15H,5-10H2. The molecule has 0 aliphatic carbocycles. The van der Waals surface area contributed by atoms with Gasteiger partial charge in [-0.25, -0.2) is 0 Å². The van der Waals surface area contributed by atoms with E-state index in [1.807, 2.05) is 0 Å². The lowest BCUT2D eigenvalue weighted by atomic mass is 9.99. The van der Waals surface area contributed by atoms with E-state index < -0.39 is 0 Å². The van der Waals surface area contributed by atoms with Crippen molar-refractivity contribution in [2.45, 2.75) is 18.9 Å². The van der Waals surface area contributed by atoms with E-state index in [9.17, 15) is 0 Å². The van der Waals surface area contributed by atoms with Gasteiger partial charge in [0.15, 0.2) is 0 Å². The van der Waals surface area contributed by atoms with Crippen LogP contribution in [0.4, 0.5) is 0 Å². The molecule has 2 fully saturated rings. The van der Waals surface area contributed by atoms with E-state index in [2.05, 4.69) is 29.6 Å². The van der Waals surface area contributed by atoms with Crippen molar-refractivity contribution < 1.29 is 9.47 Å². The molecule has 0 aromatic heterocycles. The Bertz CT molecular complexity index is 353. The highest BCUT2D eigenvalue weighted by Crippen LogP contribution is 2.20. The van der Waals surface area contributed by atoms with Crippen LogP contribution in [0.1, 0.15) is 12.0 Å². The number of hydrogen-bond donors (Lipinski definition) is 1. The Morgan fingerprint density at radius 1 is 1.24 bits per heavy atom. The molecule has 2 saturated heterocycles. The summed E-state index contributed by atoms with van der Waals surface area (Å²) in [6.07, 6.45) is 2.75. The summed E-state index contributed by atoms with van der Waals surface area (Å²) in [6, 6.07) is 8.53. The first kappa shape index (κ1) is 11.1. The second kappa shape index (κ2) is 5.07. The van der Waals surface area contributed by atoms with Gasteiger partial charge >= 0.3 is 0 Å². The average Bonchev–Trinajstić information content (AvgIpc) is 2.78. The number of rotatable bonds is 4. The highest BCUT2D eigenvalue weighted by molar-refractivity contribution is 5.28. The van der Waals surface area contributed by atoms with E-state index in [0.717, 1.165) is 31.4 Å². The first-order chi connectivity index (χ1) is 8.40. The first-order valence-corrected chi connectivity index (χ1v) is 6.44. The zero-order valence-electron chi connectivity index (χ0n) is 10.0. The molecule has 0 bridgehead atoms. The Morgan fingerprint density at radius 3 is 2.65 bits per heavy atom. The molecule has 0 saturated carbocycles. The molecule has 1 aromatic rings. The van der Waals surface area contributed by atoms with Crippen LogP contribution in [0, 0.1) is 5.92 Å². The molecule has 92 valence electrons. The van der Waals surface area contributed by atoms with E-state index in [-0.39, 0.29) is 6.10 Å². The maximum Gasteiger partial charge on any atom is 0.145 e. The second-order valence-electron chi connectivity index (χ2n) is 4.98. The lowest BCUT2D eigenvalue weighted by Gasteiger charge is -2.26. The summed E-state index contributed by atoms with van der Waals surface area (Å²) in [4.78, 5) is 0. The molecule has 1 aromatic carbocycles. The number of ether oxygens (including phenoxy) is 2. The van der Waals surface area contributed by atoms with Gasteiger partial charge in [0.1, 0.15) is 11.9 Å². The largest absolute Gasteiger partial charge is 0.486 e. The van der Waals surface area contributed by atoms with Crippen LogP contribution in [0.15, 0.2) is 24.3 Å². The maximum absolute atomic E-state index is 5.74. The van der Waals surface area contributed by atoms with E-state index in [0.29, 0.717) is 0 Å². The maximum atomic E-state index is 5.74. The Morgan fingerprint density at radius 2 is 2.06 bits per heavy atom. The first-order valence-electron chi connectivity index (χ1n) is 6.44. The minimum Gasteiger partial charge on any atom is -0.486 e. The van der Waals surface area contributed by atoms with Crippen molar-refractivity contribution in [2.24, 2.45) is 5.92 Å². The summed E-state index contributed by atoms with van der Waals surface area (Å²) in [5.74, 6) is 1.77. The zero-order valence-corrected chi connectivity index (χ0v) is 10.0. The van der Waals surface area contributed by atoms with Crippen molar-refractivity contribution >= 4 is 0 Å². The molecule has 0 amide bonds. The molecular formula is C14H19NO2. The van der Waals surface area contributed by atoms with Crippen LogP contribution in [0.3, 0.4) is 0 Å². The summed E-state index contributed by atoms with van der Waals surface area (Å²) in [5, 5.41) is 3.41. The fourth-order valence-corrected chi connectivity index (χ4v) is 2.40. The van der Waals surface area contributed by atoms with Crippen molar-refractivity contribution in [3.63, 3.8) is 0 Å². The highest BCUT2D eigenvalue weighted by atomic mass is 16.6. The monoisotopic (exact) mass is 233 g/mol. The van der Waals surface area contributed by atoms with Gasteiger partial charge in [-0.2, -0.15) is 0 Å². The van der Waals surface area contributed by atoms with E-state index >= 15 is 0 Å². The van der Waals surface area contributed by atoms with Gasteiger partial charge in [0.05, 0.1) is 13.2 Å². The number of benzene rings is 1. The van der Waals surface area contributed by atoms with Crippen molar-refractivity contribution in [3.8, 4) is 5.75 Å². The van der Waals surface area contributed by atoms with Gasteiger partial charge in [-0.15, -0.1) is 0 Å². The summed E-state index contributed by atoms with van der Waals surface area (Å²) < 4.78 is 10.8. The van der Waals surface area contributed by atoms with Gasteiger partial charge in [0.2, 0.25) is 0 Å². The molecule has 2 aliphatic heterocycles. The third-order valence-corrected chi connectivity index (χ3v) is 3.52. The van der Waals surface area contributed by atoms with Gasteiger partial charge in [-0.1, -0.05) is 12.1 Å². The average molecular weight is 233 g/mol. The third-order valence-electron chi connectivity index (χ3n) is 3.52. The molecule has 2 aliphatic rings. The molecule has 1 N–H and O–H groups in total. The highest BCUT2D eigenvalue weighted by Gasteiger charge is 2.20. The minimum atomic E-state index is 0.264. The van der Waals surface area contributed by atoms with Gasteiger partial charge in [-0.05, 0) is 49.5 Å². The third kappa shape index (κ3) is 2.79. The van der Waals surface area contributed by atoms with Crippen molar-refractivity contribution in [1.82, 2.24) is 5.32 Å². The van der Waals surface area contributed by atoms with E-state index in [1.54, 1.807) is 0 Å². The predicted octanol–water partition coefficient (Wildman–Crippen LogP) is 1.62. The van der Waals surface area contributed by atoms with Crippen LogP contribution in [0.25, 0.3) is 0 Å². The number of nitrogens with one attached hydrogen (secondary N) is 1. The smallest absolute Gasteiger partial charge is 0.145 e. The summed E-state index contributed by atoms with van der Waals surface area (Å²) in [6.45, 7) is 3.80. The number of hydrogen-bond acceptors (Lipinski definition) is 3. The zero-order chi connectivity index (χ0) is 11.5. The Kier molecular flexibility index (Phi) is 3.29. The lowest BCUT2D eigenvalue weighted by molar-refractivity contribution is -0.0796. The van der Waals surface area contributed by atoms with Gasteiger partial charge in [0, 0.05) is 0 Å². The van der Waals surface area contributed by atoms with Crippen LogP contribution in [-0.2, 0) is 11.2 Å². The molecule has 3 nitrogen and oxygen atoms in total. The second-order valence-corrected chi connectivity index (χ2v) is 4.98. The topological polar surface area (TPSA) is 30.5 Å². The Labute approximate surface area is 102 Å². The van der Waals surface area contributed by atoms with Gasteiger partial charge < -0.3 is 14.8 Å². The van der Waals surface area contributed by atoms with Gasteiger partial charge in [0.25, 0.3) is 0 Å². The van der Waals surface area contributed by atoms with Crippen LogP contribution in [0.2, 0.25) is 0 Å². The minimum absolute atomic E-state index is 0.264. The predicted molar refractivity (Wildman–Crippen MR) is 66.4 cm³/mol. The Hall–Kier alpha value is -1.06. The lowest BCUT2D eigenvalue weighted by Crippen LogP contribution is -2.38. The van der Waals surface area contributed by atoms with E-state index in [1.165, 1.54) is 24.9 Å². The van der Waals surface area contributed by atoms with Crippen LogP contribution in [-0.4, -0.2) is 32.4 Å². The van der Waals surface area contributed by atoms with Gasteiger partial charge in [-0.3, -0.25) is 0 Å². The molecular weight excluding hydrogens is 214 g/mol. The molecule has 3 heteroatoms. The van der Waals surface area contributed by atoms with Crippen LogP contribution < -0.4 is 10.1 Å². The fraction of sp³-hybridized carbons (Fsp3) is 0.571.